The van der Waals surface area contributed by atoms with Crippen LogP contribution in [0.4, 0.5) is 18.9 Å². The molecule has 1 aromatic carbocycles. The van der Waals surface area contributed by atoms with E-state index in [4.69, 9.17) is 10.5 Å². The number of nitrogens with two attached hydrogens (primary N) is 1. The van der Waals surface area contributed by atoms with Gasteiger partial charge in [-0.05, 0) is 19.1 Å². The molecule has 0 saturated heterocycles. The molecule has 1 amide bonds. The van der Waals surface area contributed by atoms with E-state index in [0.29, 0.717) is 17.0 Å². The maximum atomic E-state index is 12.7. The number of hydrogen-bond acceptors (Lipinski definition) is 3. The van der Waals surface area contributed by atoms with Gasteiger partial charge in [0.1, 0.15) is 0 Å². The number of anilines is 1. The molecule has 0 spiro atoms. The Bertz CT molecular complexity index is 504. The minimum Gasteiger partial charge on any atom is -0.380 e. The summed E-state index contributed by atoms with van der Waals surface area (Å²) in [5.41, 5.74) is 2.84. The first-order valence-electron chi connectivity index (χ1n) is 5.54. The van der Waals surface area contributed by atoms with Gasteiger partial charge < -0.3 is 15.8 Å². The van der Waals surface area contributed by atoms with Gasteiger partial charge in [0, 0.05) is 22.8 Å². The molecule has 0 saturated carbocycles. The Balaban J connectivity index is 3.05. The van der Waals surface area contributed by atoms with Gasteiger partial charge in [-0.3, -0.25) is 4.79 Å². The molecule has 0 heterocycles. The molecule has 0 radical (unpaired) electrons. The van der Waals surface area contributed by atoms with Crippen molar-refractivity contribution in [1.82, 2.24) is 0 Å². The molecule has 4 nitrogen and oxygen atoms in total. The average molecular weight is 355 g/mol. The second-order valence-corrected chi connectivity index (χ2v) is 5.21. The molecule has 1 atom stereocenters. The second kappa shape index (κ2) is 6.11. The number of amides is 1. The van der Waals surface area contributed by atoms with Crippen LogP contribution in [0.15, 0.2) is 22.7 Å². The Morgan fingerprint density at radius 1 is 1.45 bits per heavy atom. The third-order valence-corrected chi connectivity index (χ3v) is 3.46. The van der Waals surface area contributed by atoms with Gasteiger partial charge in [0.15, 0.2) is 5.54 Å². The van der Waals surface area contributed by atoms with Crippen molar-refractivity contribution in [2.45, 2.75) is 25.2 Å². The summed E-state index contributed by atoms with van der Waals surface area (Å²) < 4.78 is 43.6. The highest BCUT2D eigenvalue weighted by atomic mass is 79.9. The highest BCUT2D eigenvalue weighted by Gasteiger charge is 2.54. The zero-order valence-corrected chi connectivity index (χ0v) is 12.4. The number of nitrogens with one attached hydrogen (secondary N) is 1. The van der Waals surface area contributed by atoms with E-state index in [-0.39, 0.29) is 12.3 Å². The van der Waals surface area contributed by atoms with E-state index < -0.39 is 17.6 Å². The molecular weight excluding hydrogens is 341 g/mol. The zero-order valence-electron chi connectivity index (χ0n) is 10.8. The van der Waals surface area contributed by atoms with Crippen molar-refractivity contribution in [2.75, 3.05) is 12.4 Å². The molecule has 0 aliphatic heterocycles. The van der Waals surface area contributed by atoms with Crippen LogP contribution in [0.2, 0.25) is 0 Å². The molecule has 8 heteroatoms. The smallest absolute Gasteiger partial charge is 0.380 e. The van der Waals surface area contributed by atoms with Gasteiger partial charge in [-0.2, -0.15) is 13.2 Å². The summed E-state index contributed by atoms with van der Waals surface area (Å²) in [5.74, 6) is -1.33. The molecule has 20 heavy (non-hydrogen) atoms. The van der Waals surface area contributed by atoms with Gasteiger partial charge in [-0.15, -0.1) is 0 Å². The summed E-state index contributed by atoms with van der Waals surface area (Å²) >= 11 is 3.24. The monoisotopic (exact) mass is 354 g/mol. The number of ether oxygens (including phenoxy) is 1. The zero-order chi connectivity index (χ0) is 15.6. The van der Waals surface area contributed by atoms with E-state index in [1.807, 2.05) is 0 Å². The van der Waals surface area contributed by atoms with E-state index in [2.05, 4.69) is 21.2 Å². The number of carbonyl (C=O) groups excluding carboxylic acids is 1. The lowest BCUT2D eigenvalue weighted by Crippen LogP contribution is -2.59. The predicted octanol–water partition coefficient (Wildman–Crippen LogP) is 2.81. The number of benzene rings is 1. The van der Waals surface area contributed by atoms with Crippen molar-refractivity contribution in [3.05, 3.63) is 28.2 Å². The van der Waals surface area contributed by atoms with Crippen molar-refractivity contribution in [1.29, 1.82) is 0 Å². The molecule has 1 aromatic rings. The van der Waals surface area contributed by atoms with Gasteiger partial charge in [0.25, 0.3) is 5.91 Å². The Morgan fingerprint density at radius 3 is 2.55 bits per heavy atom. The average Bonchev–Trinajstić information content (AvgIpc) is 2.32. The fourth-order valence-electron chi connectivity index (χ4n) is 1.35. The van der Waals surface area contributed by atoms with Crippen molar-refractivity contribution in [3.63, 3.8) is 0 Å². The van der Waals surface area contributed by atoms with Crippen molar-refractivity contribution in [3.8, 4) is 0 Å². The van der Waals surface area contributed by atoms with E-state index in [1.54, 1.807) is 12.1 Å². The number of halogens is 4. The SMILES string of the molecule is COCc1c(Br)cccc1NC(=O)C(C)(N)C(F)(F)F. The predicted molar refractivity (Wildman–Crippen MR) is 72.1 cm³/mol. The van der Waals surface area contributed by atoms with Crippen LogP contribution >= 0.6 is 15.9 Å². The third kappa shape index (κ3) is 3.50. The van der Waals surface area contributed by atoms with Crippen LogP contribution in [-0.2, 0) is 16.1 Å². The maximum Gasteiger partial charge on any atom is 0.415 e. The van der Waals surface area contributed by atoms with Gasteiger partial charge in [-0.25, -0.2) is 0 Å². The van der Waals surface area contributed by atoms with Crippen molar-refractivity contribution < 1.29 is 22.7 Å². The lowest BCUT2D eigenvalue weighted by molar-refractivity contribution is -0.184. The lowest BCUT2D eigenvalue weighted by atomic mass is 10.0. The van der Waals surface area contributed by atoms with Crippen molar-refractivity contribution in [2.24, 2.45) is 5.73 Å². The molecule has 0 aliphatic rings. The largest absolute Gasteiger partial charge is 0.415 e. The molecule has 0 fully saturated rings. The number of hydrogen-bond donors (Lipinski definition) is 2. The first-order valence-corrected chi connectivity index (χ1v) is 6.34. The van der Waals surface area contributed by atoms with Crippen LogP contribution in [0.25, 0.3) is 0 Å². The number of alkyl halides is 3. The Kier molecular flexibility index (Phi) is 5.17. The lowest BCUT2D eigenvalue weighted by Gasteiger charge is -2.26. The van der Waals surface area contributed by atoms with Gasteiger partial charge in [0.2, 0.25) is 0 Å². The van der Waals surface area contributed by atoms with Crippen LogP contribution < -0.4 is 11.1 Å². The molecule has 1 unspecified atom stereocenters. The van der Waals surface area contributed by atoms with Gasteiger partial charge in [0.05, 0.1) is 6.61 Å². The highest BCUT2D eigenvalue weighted by Crippen LogP contribution is 2.31. The fraction of sp³-hybridized carbons (Fsp3) is 0.417. The van der Waals surface area contributed by atoms with Crippen LogP contribution in [0.3, 0.4) is 0 Å². The van der Waals surface area contributed by atoms with Gasteiger partial charge in [-0.1, -0.05) is 22.0 Å². The summed E-state index contributed by atoms with van der Waals surface area (Å²) in [6.07, 6.45) is -4.84. The molecule has 0 aliphatic carbocycles. The highest BCUT2D eigenvalue weighted by molar-refractivity contribution is 9.10. The molecular formula is C12H14BrF3N2O2. The summed E-state index contributed by atoms with van der Waals surface area (Å²) in [5, 5.41) is 2.19. The summed E-state index contributed by atoms with van der Waals surface area (Å²) in [4.78, 5) is 11.7. The number of methoxy groups -OCH3 is 1. The van der Waals surface area contributed by atoms with Crippen LogP contribution in [-0.4, -0.2) is 24.7 Å². The van der Waals surface area contributed by atoms with E-state index in [9.17, 15) is 18.0 Å². The van der Waals surface area contributed by atoms with Crippen molar-refractivity contribution >= 4 is 27.5 Å². The molecule has 3 N–H and O–H groups in total. The first-order chi connectivity index (χ1) is 9.11. The molecule has 112 valence electrons. The molecule has 1 rings (SSSR count). The minimum absolute atomic E-state index is 0.129. The maximum absolute atomic E-state index is 12.7. The molecule has 0 aromatic heterocycles. The van der Waals surface area contributed by atoms with Crippen LogP contribution in [0.5, 0.6) is 0 Å². The quantitative estimate of drug-likeness (QED) is 0.873. The normalized spacial score (nSPS) is 14.8. The number of carbonyl (C=O) groups is 1. The summed E-state index contributed by atoms with van der Waals surface area (Å²) in [7, 11) is 1.44. The minimum atomic E-state index is -4.84. The Morgan fingerprint density at radius 2 is 2.05 bits per heavy atom. The van der Waals surface area contributed by atoms with Gasteiger partial charge >= 0.3 is 6.18 Å². The Labute approximate surface area is 122 Å². The molecule has 0 bridgehead atoms. The van der Waals surface area contributed by atoms with E-state index in [0.717, 1.165) is 0 Å². The van der Waals surface area contributed by atoms with Crippen LogP contribution in [0, 0.1) is 0 Å². The third-order valence-electron chi connectivity index (χ3n) is 2.72. The first kappa shape index (κ1) is 16.9. The Hall–Kier alpha value is -1.12. The standard InChI is InChI=1S/C12H14BrF3N2O2/c1-11(17,12(14,15)16)10(19)18-9-5-3-4-8(13)7(9)6-20-2/h3-5H,6,17H2,1-2H3,(H,18,19). The van der Waals surface area contributed by atoms with E-state index in [1.165, 1.54) is 13.2 Å². The summed E-state index contributed by atoms with van der Waals surface area (Å²) in [6, 6.07) is 4.75. The van der Waals surface area contributed by atoms with Crippen LogP contribution in [0.1, 0.15) is 12.5 Å². The van der Waals surface area contributed by atoms with E-state index >= 15 is 0 Å². The number of rotatable bonds is 4. The fourth-order valence-corrected chi connectivity index (χ4v) is 1.83. The summed E-state index contributed by atoms with van der Waals surface area (Å²) in [6.45, 7) is 0.751. The second-order valence-electron chi connectivity index (χ2n) is 4.35. The topological polar surface area (TPSA) is 64.3 Å².